The third-order valence-electron chi connectivity index (χ3n) is 3.64. The molecule has 1 unspecified atom stereocenters. The number of benzene rings is 1. The van der Waals surface area contributed by atoms with Crippen LogP contribution in [0.4, 0.5) is 0 Å². The Labute approximate surface area is 125 Å². The summed E-state index contributed by atoms with van der Waals surface area (Å²) in [6.45, 7) is 3.86. The molecule has 0 spiro atoms. The molecule has 0 saturated heterocycles. The van der Waals surface area contributed by atoms with Crippen molar-refractivity contribution in [1.29, 1.82) is 0 Å². The first kappa shape index (κ1) is 17.0. The Morgan fingerprint density at radius 1 is 1.29 bits per heavy atom. The zero-order chi connectivity index (χ0) is 15.8. The Hall–Kier alpha value is -2.04. The number of hydrogen-bond acceptors (Lipinski definition) is 3. The predicted octanol–water partition coefficient (Wildman–Crippen LogP) is 1.64. The van der Waals surface area contributed by atoms with Crippen LogP contribution >= 0.6 is 0 Å². The molecule has 0 aliphatic carbocycles. The number of ether oxygens (including phenoxy) is 1. The van der Waals surface area contributed by atoms with Gasteiger partial charge in [0.25, 0.3) is 0 Å². The maximum Gasteiger partial charge on any atom is 0.240 e. The van der Waals surface area contributed by atoms with Gasteiger partial charge in [-0.3, -0.25) is 9.59 Å². The fourth-order valence-corrected chi connectivity index (χ4v) is 2.03. The molecule has 0 saturated carbocycles. The van der Waals surface area contributed by atoms with E-state index in [9.17, 15) is 9.59 Å². The van der Waals surface area contributed by atoms with Crippen molar-refractivity contribution in [1.82, 2.24) is 5.32 Å². The number of nitrogens with one attached hydrogen (secondary N) is 1. The minimum absolute atomic E-state index is 0.0347. The van der Waals surface area contributed by atoms with Crippen molar-refractivity contribution in [3.05, 3.63) is 29.8 Å². The lowest BCUT2D eigenvalue weighted by Gasteiger charge is -2.21. The van der Waals surface area contributed by atoms with Crippen molar-refractivity contribution in [3.8, 4) is 5.75 Å². The largest absolute Gasteiger partial charge is 0.497 e. The first-order chi connectivity index (χ1) is 9.97. The van der Waals surface area contributed by atoms with Gasteiger partial charge >= 0.3 is 0 Å². The van der Waals surface area contributed by atoms with Gasteiger partial charge in [0.2, 0.25) is 11.8 Å². The second-order valence-electron chi connectivity index (χ2n) is 5.18. The Morgan fingerprint density at radius 3 is 2.38 bits per heavy atom. The third kappa shape index (κ3) is 5.45. The van der Waals surface area contributed by atoms with E-state index in [-0.39, 0.29) is 11.8 Å². The molecule has 116 valence electrons. The van der Waals surface area contributed by atoms with Crippen LogP contribution in [0.1, 0.15) is 32.3 Å². The van der Waals surface area contributed by atoms with Crippen molar-refractivity contribution < 1.29 is 14.3 Å². The number of methoxy groups -OCH3 is 1. The van der Waals surface area contributed by atoms with Gasteiger partial charge in [0.1, 0.15) is 11.8 Å². The molecule has 0 radical (unpaired) electrons. The van der Waals surface area contributed by atoms with E-state index in [1.54, 1.807) is 7.11 Å². The third-order valence-corrected chi connectivity index (χ3v) is 3.64. The molecular formula is C16H24N2O3. The summed E-state index contributed by atoms with van der Waals surface area (Å²) in [5.41, 5.74) is 6.38. The number of primary amides is 1. The highest BCUT2D eigenvalue weighted by Gasteiger charge is 2.23. The van der Waals surface area contributed by atoms with Gasteiger partial charge in [-0.2, -0.15) is 0 Å². The Balaban J connectivity index is 2.50. The number of carbonyl (C=O) groups excluding carboxylic acids is 2. The number of carbonyl (C=O) groups is 2. The molecule has 0 aromatic heterocycles. The van der Waals surface area contributed by atoms with E-state index in [0.29, 0.717) is 12.8 Å². The zero-order valence-corrected chi connectivity index (χ0v) is 12.9. The van der Waals surface area contributed by atoms with Crippen LogP contribution in [-0.2, 0) is 16.0 Å². The van der Waals surface area contributed by atoms with Crippen LogP contribution in [0.3, 0.4) is 0 Å². The van der Waals surface area contributed by atoms with E-state index < -0.39 is 11.9 Å². The van der Waals surface area contributed by atoms with Crippen LogP contribution in [0.25, 0.3) is 0 Å². The number of hydrogen-bond donors (Lipinski definition) is 2. The molecule has 0 heterocycles. The summed E-state index contributed by atoms with van der Waals surface area (Å²) in [4.78, 5) is 23.3. The summed E-state index contributed by atoms with van der Waals surface area (Å²) in [7, 11) is 1.61. The van der Waals surface area contributed by atoms with Gasteiger partial charge in [0.15, 0.2) is 0 Å². The number of aryl methyl sites for hydroxylation is 1. The molecule has 1 rings (SSSR count). The highest BCUT2D eigenvalue weighted by atomic mass is 16.5. The second kappa shape index (κ2) is 8.29. The van der Waals surface area contributed by atoms with Crippen molar-refractivity contribution in [2.45, 2.75) is 39.2 Å². The summed E-state index contributed by atoms with van der Waals surface area (Å²) >= 11 is 0. The lowest BCUT2D eigenvalue weighted by Crippen LogP contribution is -2.48. The molecule has 0 aliphatic heterocycles. The Bertz CT molecular complexity index is 471. The topological polar surface area (TPSA) is 81.4 Å². The first-order valence-electron chi connectivity index (χ1n) is 7.19. The molecule has 1 aromatic carbocycles. The van der Waals surface area contributed by atoms with Crippen LogP contribution in [0.5, 0.6) is 5.75 Å². The maximum absolute atomic E-state index is 11.9. The van der Waals surface area contributed by atoms with E-state index >= 15 is 0 Å². The van der Waals surface area contributed by atoms with Gasteiger partial charge in [-0.25, -0.2) is 0 Å². The van der Waals surface area contributed by atoms with Crippen molar-refractivity contribution >= 4 is 11.8 Å². The summed E-state index contributed by atoms with van der Waals surface area (Å²) in [6, 6.07) is 6.97. The fourth-order valence-electron chi connectivity index (χ4n) is 2.03. The molecule has 5 nitrogen and oxygen atoms in total. The average molecular weight is 292 g/mol. The van der Waals surface area contributed by atoms with Gasteiger partial charge in [0.05, 0.1) is 7.11 Å². The second-order valence-corrected chi connectivity index (χ2v) is 5.18. The number of amides is 2. The van der Waals surface area contributed by atoms with Crippen molar-refractivity contribution in [2.24, 2.45) is 11.7 Å². The SMILES string of the molecule is CC[C@H](C)C(NC(=O)CCc1ccc(OC)cc1)C(N)=O. The summed E-state index contributed by atoms with van der Waals surface area (Å²) < 4.78 is 5.08. The van der Waals surface area contributed by atoms with Gasteiger partial charge in [-0.15, -0.1) is 0 Å². The van der Waals surface area contributed by atoms with Crippen LogP contribution in [0, 0.1) is 5.92 Å². The first-order valence-corrected chi connectivity index (χ1v) is 7.19. The van der Waals surface area contributed by atoms with E-state index in [2.05, 4.69) is 5.32 Å². The normalized spacial score (nSPS) is 13.3. The summed E-state index contributed by atoms with van der Waals surface area (Å²) in [5, 5.41) is 2.72. The van der Waals surface area contributed by atoms with E-state index in [4.69, 9.17) is 10.5 Å². The molecular weight excluding hydrogens is 268 g/mol. The molecule has 0 aliphatic rings. The van der Waals surface area contributed by atoms with Gasteiger partial charge in [0, 0.05) is 6.42 Å². The monoisotopic (exact) mass is 292 g/mol. The van der Waals surface area contributed by atoms with E-state index in [1.165, 1.54) is 0 Å². The standard InChI is InChI=1S/C16H24N2O3/c1-4-11(2)15(16(17)20)18-14(19)10-7-12-5-8-13(21-3)9-6-12/h5-6,8-9,11,15H,4,7,10H2,1-3H3,(H2,17,20)(H,18,19)/t11-,15?/m0/s1. The summed E-state index contributed by atoms with van der Waals surface area (Å²) in [5.74, 6) is 0.179. The predicted molar refractivity (Wildman–Crippen MR) is 81.9 cm³/mol. The molecule has 3 N–H and O–H groups in total. The minimum atomic E-state index is -0.599. The molecule has 0 bridgehead atoms. The fraction of sp³-hybridized carbons (Fsp3) is 0.500. The minimum Gasteiger partial charge on any atom is -0.497 e. The molecule has 2 amide bonds. The number of rotatable bonds is 8. The van der Waals surface area contributed by atoms with Crippen molar-refractivity contribution in [2.75, 3.05) is 7.11 Å². The van der Waals surface area contributed by atoms with E-state index in [0.717, 1.165) is 17.7 Å². The quantitative estimate of drug-likeness (QED) is 0.764. The molecule has 21 heavy (non-hydrogen) atoms. The van der Waals surface area contributed by atoms with Crippen LogP contribution in [0.2, 0.25) is 0 Å². The highest BCUT2D eigenvalue weighted by molar-refractivity contribution is 5.86. The van der Waals surface area contributed by atoms with Crippen LogP contribution in [-0.4, -0.2) is 25.0 Å². The lowest BCUT2D eigenvalue weighted by atomic mass is 9.98. The molecule has 0 fully saturated rings. The smallest absolute Gasteiger partial charge is 0.240 e. The van der Waals surface area contributed by atoms with Gasteiger partial charge in [-0.1, -0.05) is 32.4 Å². The van der Waals surface area contributed by atoms with Crippen molar-refractivity contribution in [3.63, 3.8) is 0 Å². The van der Waals surface area contributed by atoms with Gasteiger partial charge in [-0.05, 0) is 30.0 Å². The molecule has 1 aromatic rings. The van der Waals surface area contributed by atoms with E-state index in [1.807, 2.05) is 38.1 Å². The lowest BCUT2D eigenvalue weighted by molar-refractivity contribution is -0.128. The van der Waals surface area contributed by atoms with Gasteiger partial charge < -0.3 is 15.8 Å². The summed E-state index contributed by atoms with van der Waals surface area (Å²) in [6.07, 6.45) is 1.72. The maximum atomic E-state index is 11.9. The highest BCUT2D eigenvalue weighted by Crippen LogP contribution is 2.13. The molecule has 5 heteroatoms. The van der Waals surface area contributed by atoms with Crippen LogP contribution in [0.15, 0.2) is 24.3 Å². The average Bonchev–Trinajstić information content (AvgIpc) is 2.50. The number of nitrogens with two attached hydrogens (primary N) is 1. The van der Waals surface area contributed by atoms with Crippen LogP contribution < -0.4 is 15.8 Å². The molecule has 2 atom stereocenters. The Morgan fingerprint density at radius 2 is 1.90 bits per heavy atom. The zero-order valence-electron chi connectivity index (χ0n) is 12.9. The Kier molecular flexibility index (Phi) is 6.72.